The summed E-state index contributed by atoms with van der Waals surface area (Å²) >= 11 is 0. The van der Waals surface area contributed by atoms with Crippen LogP contribution in [0.25, 0.3) is 0 Å². The number of hydrogen-bond donors (Lipinski definition) is 1. The van der Waals surface area contributed by atoms with Crippen LogP contribution in [0.15, 0.2) is 0 Å². The van der Waals surface area contributed by atoms with Crippen molar-refractivity contribution in [2.75, 3.05) is 12.3 Å². The van der Waals surface area contributed by atoms with E-state index in [0.29, 0.717) is 24.2 Å². The molecule has 1 N–H and O–H groups in total. The van der Waals surface area contributed by atoms with E-state index in [9.17, 15) is 9.46 Å². The van der Waals surface area contributed by atoms with Crippen LogP contribution in [0.5, 0.6) is 0 Å². The Kier molecular flexibility index (Phi) is 8.02. The Morgan fingerprint density at radius 3 is 1.50 bits per heavy atom. The van der Waals surface area contributed by atoms with Gasteiger partial charge in [0.25, 0.3) is 0 Å². The van der Waals surface area contributed by atoms with Crippen molar-refractivity contribution in [2.24, 2.45) is 11.8 Å². The normalized spacial score (nSPS) is 11.9. The standard InChI is InChI=1S/C8H19O2P.Zn/c1-7(2)5-11(9,10)6-8(3)4;/h7-8H,5-6H2,1-4H3,(H,9,10);. The summed E-state index contributed by atoms with van der Waals surface area (Å²) in [6.07, 6.45) is 0.927. The summed E-state index contributed by atoms with van der Waals surface area (Å²) in [6, 6.07) is 0. The Bertz CT molecular complexity index is 143. The van der Waals surface area contributed by atoms with Gasteiger partial charge >= 0.3 is 0 Å². The first-order valence-corrected chi connectivity index (χ1v) is 6.17. The summed E-state index contributed by atoms with van der Waals surface area (Å²) in [4.78, 5) is 9.41. The maximum absolute atomic E-state index is 11.4. The monoisotopic (exact) mass is 242 g/mol. The fraction of sp³-hybridized carbons (Fsp3) is 1.00. The van der Waals surface area contributed by atoms with Crippen molar-refractivity contribution in [3.8, 4) is 0 Å². The Balaban J connectivity index is 0. The van der Waals surface area contributed by atoms with Crippen LogP contribution in [-0.2, 0) is 24.0 Å². The average Bonchev–Trinajstić information content (AvgIpc) is 1.53. The van der Waals surface area contributed by atoms with Crippen LogP contribution < -0.4 is 0 Å². The molecule has 4 heteroatoms. The SMILES string of the molecule is CC(C)CP(=O)(O)CC(C)C.[Zn]. The Morgan fingerprint density at radius 1 is 1.08 bits per heavy atom. The third kappa shape index (κ3) is 8.91. The number of rotatable bonds is 4. The molecule has 0 amide bonds. The van der Waals surface area contributed by atoms with Gasteiger partial charge in [-0.2, -0.15) is 0 Å². The van der Waals surface area contributed by atoms with Gasteiger partial charge in [0.15, 0.2) is 0 Å². The molecule has 0 aromatic carbocycles. The maximum Gasteiger partial charge on any atom is 0.201 e. The topological polar surface area (TPSA) is 37.3 Å². The minimum Gasteiger partial charge on any atom is -0.344 e. The van der Waals surface area contributed by atoms with Crippen molar-refractivity contribution < 1.29 is 28.9 Å². The van der Waals surface area contributed by atoms with Crippen molar-refractivity contribution in [3.05, 3.63) is 0 Å². The summed E-state index contributed by atoms with van der Waals surface area (Å²) < 4.78 is 11.4. The van der Waals surface area contributed by atoms with Crippen molar-refractivity contribution in [3.63, 3.8) is 0 Å². The molecule has 0 aliphatic rings. The van der Waals surface area contributed by atoms with E-state index >= 15 is 0 Å². The van der Waals surface area contributed by atoms with Crippen molar-refractivity contribution in [1.82, 2.24) is 0 Å². The molecule has 0 spiro atoms. The third-order valence-corrected chi connectivity index (χ3v) is 3.90. The second-order valence-electron chi connectivity index (χ2n) is 4.00. The van der Waals surface area contributed by atoms with E-state index in [2.05, 4.69) is 0 Å². The van der Waals surface area contributed by atoms with Crippen molar-refractivity contribution >= 4 is 7.37 Å². The van der Waals surface area contributed by atoms with Crippen LogP contribution in [0.1, 0.15) is 27.7 Å². The summed E-state index contributed by atoms with van der Waals surface area (Å²) in [7, 11) is -2.80. The molecule has 0 fully saturated rings. The molecule has 70 valence electrons. The fourth-order valence-corrected chi connectivity index (χ4v) is 3.65. The zero-order valence-corrected chi connectivity index (χ0v) is 12.4. The summed E-state index contributed by atoms with van der Waals surface area (Å²) in [5, 5.41) is 0. The van der Waals surface area contributed by atoms with Gasteiger partial charge in [-0.05, 0) is 11.8 Å². The Labute approximate surface area is 88.3 Å². The molecule has 0 aromatic rings. The van der Waals surface area contributed by atoms with Gasteiger partial charge in [0, 0.05) is 31.8 Å². The summed E-state index contributed by atoms with van der Waals surface area (Å²) in [6.45, 7) is 7.90. The molecular formula is C8H19O2PZn. The van der Waals surface area contributed by atoms with Crippen molar-refractivity contribution in [2.45, 2.75) is 27.7 Å². The van der Waals surface area contributed by atoms with E-state index in [1.165, 1.54) is 0 Å². The van der Waals surface area contributed by atoms with Gasteiger partial charge in [-0.1, -0.05) is 27.7 Å². The smallest absolute Gasteiger partial charge is 0.201 e. The first-order chi connectivity index (χ1) is 4.83. The predicted octanol–water partition coefficient (Wildman–Crippen LogP) is 2.57. The Hall–Kier alpha value is 0.813. The maximum atomic E-state index is 11.4. The van der Waals surface area contributed by atoms with Crippen LogP contribution in [-0.4, -0.2) is 17.2 Å². The van der Waals surface area contributed by atoms with E-state index in [1.807, 2.05) is 27.7 Å². The zero-order valence-electron chi connectivity index (χ0n) is 8.58. The van der Waals surface area contributed by atoms with E-state index in [0.717, 1.165) is 0 Å². The van der Waals surface area contributed by atoms with Gasteiger partial charge in [0.05, 0.1) is 0 Å². The molecule has 0 bridgehead atoms. The molecule has 12 heavy (non-hydrogen) atoms. The van der Waals surface area contributed by atoms with Gasteiger partial charge < -0.3 is 4.89 Å². The first-order valence-electron chi connectivity index (χ1n) is 4.14. The molecule has 0 saturated carbocycles. The molecular weight excluding hydrogens is 224 g/mol. The second kappa shape index (κ2) is 6.29. The molecule has 0 radical (unpaired) electrons. The van der Waals surface area contributed by atoms with Crippen LogP contribution in [0.3, 0.4) is 0 Å². The molecule has 0 aliphatic heterocycles. The molecule has 0 heterocycles. The van der Waals surface area contributed by atoms with Gasteiger partial charge in [0.2, 0.25) is 7.37 Å². The molecule has 0 rings (SSSR count). The second-order valence-corrected chi connectivity index (χ2v) is 6.42. The predicted molar refractivity (Wildman–Crippen MR) is 49.2 cm³/mol. The largest absolute Gasteiger partial charge is 0.344 e. The fourth-order valence-electron chi connectivity index (χ4n) is 1.22. The molecule has 0 unspecified atom stereocenters. The molecule has 0 aliphatic carbocycles. The van der Waals surface area contributed by atoms with Crippen LogP contribution in [0.2, 0.25) is 0 Å². The van der Waals surface area contributed by atoms with E-state index < -0.39 is 7.37 Å². The Morgan fingerprint density at radius 2 is 1.33 bits per heavy atom. The quantitative estimate of drug-likeness (QED) is 0.609. The minimum atomic E-state index is -2.80. The van der Waals surface area contributed by atoms with Crippen LogP contribution >= 0.6 is 7.37 Å². The third-order valence-electron chi connectivity index (χ3n) is 1.30. The van der Waals surface area contributed by atoms with Crippen molar-refractivity contribution in [1.29, 1.82) is 0 Å². The molecule has 0 saturated heterocycles. The van der Waals surface area contributed by atoms with Gasteiger partial charge in [-0.15, -0.1) is 0 Å². The molecule has 0 atom stereocenters. The van der Waals surface area contributed by atoms with E-state index in [1.54, 1.807) is 0 Å². The van der Waals surface area contributed by atoms with Gasteiger partial charge in [-0.25, -0.2) is 0 Å². The van der Waals surface area contributed by atoms with E-state index in [-0.39, 0.29) is 19.5 Å². The molecule has 0 aromatic heterocycles. The zero-order chi connectivity index (χ0) is 9.07. The van der Waals surface area contributed by atoms with Gasteiger partial charge in [0.1, 0.15) is 0 Å². The minimum absolute atomic E-state index is 0. The summed E-state index contributed by atoms with van der Waals surface area (Å²) in [5.41, 5.74) is 0. The van der Waals surface area contributed by atoms with Crippen LogP contribution in [0, 0.1) is 11.8 Å². The summed E-state index contributed by atoms with van der Waals surface area (Å²) in [5.74, 6) is 0.647. The average molecular weight is 244 g/mol. The van der Waals surface area contributed by atoms with E-state index in [4.69, 9.17) is 0 Å². The molecule has 2 nitrogen and oxygen atoms in total. The van der Waals surface area contributed by atoms with Crippen LogP contribution in [0.4, 0.5) is 0 Å². The van der Waals surface area contributed by atoms with Gasteiger partial charge in [-0.3, -0.25) is 4.57 Å². The first kappa shape index (κ1) is 15.3. The number of hydrogen-bond acceptors (Lipinski definition) is 1.